The van der Waals surface area contributed by atoms with Crippen molar-refractivity contribution in [3.8, 4) is 11.5 Å². The SMILES string of the molecule is COc1cccc(C2C3=CCC4C(=O)N(c5ccc(C(=O)c6ccccc6)cc5)C(=O)C4C3CC3(Cl)C(=O)N(c4c(F)c(F)c(F)c(F)c4F)C(=O)C23Cl)c1O. The highest BCUT2D eigenvalue weighted by Gasteiger charge is 2.77. The molecule has 1 saturated carbocycles. The first-order chi connectivity index (χ1) is 26.6. The molecule has 8 rings (SSSR count). The molecule has 6 atom stereocenters. The highest BCUT2D eigenvalue weighted by Crippen LogP contribution is 2.67. The fourth-order valence-corrected chi connectivity index (χ4v) is 9.55. The largest absolute Gasteiger partial charge is 0.504 e. The first kappa shape index (κ1) is 37.3. The van der Waals surface area contributed by atoms with Crippen molar-refractivity contribution < 1.29 is 55.8 Å². The van der Waals surface area contributed by atoms with Gasteiger partial charge in [-0.05, 0) is 49.1 Å². The van der Waals surface area contributed by atoms with Crippen molar-refractivity contribution in [3.63, 3.8) is 0 Å². The number of para-hydroxylation sites is 1. The molecule has 0 spiro atoms. The van der Waals surface area contributed by atoms with Crippen LogP contribution >= 0.6 is 23.2 Å². The van der Waals surface area contributed by atoms with Crippen molar-refractivity contribution in [3.05, 3.63) is 130 Å². The minimum Gasteiger partial charge on any atom is -0.504 e. The first-order valence-corrected chi connectivity index (χ1v) is 17.8. The molecule has 6 unspecified atom stereocenters. The van der Waals surface area contributed by atoms with Crippen LogP contribution in [0.2, 0.25) is 0 Å². The number of carbonyl (C=O) groups excluding carboxylic acids is 5. The Kier molecular flexibility index (Phi) is 8.66. The number of fused-ring (bicyclic) bond motifs is 4. The minimum atomic E-state index is -2.82. The zero-order valence-corrected chi connectivity index (χ0v) is 30.2. The summed E-state index contributed by atoms with van der Waals surface area (Å²) in [5.74, 6) is -23.5. The van der Waals surface area contributed by atoms with Crippen molar-refractivity contribution in [2.75, 3.05) is 16.9 Å². The molecule has 2 heterocycles. The lowest BCUT2D eigenvalue weighted by Gasteiger charge is -2.50. The summed E-state index contributed by atoms with van der Waals surface area (Å²) in [6.45, 7) is 0. The van der Waals surface area contributed by atoms with Crippen LogP contribution in [0.3, 0.4) is 0 Å². The summed E-state index contributed by atoms with van der Waals surface area (Å²) in [6, 6.07) is 18.2. The smallest absolute Gasteiger partial charge is 0.258 e. The van der Waals surface area contributed by atoms with Gasteiger partial charge in [-0.1, -0.05) is 54.1 Å². The Morgan fingerprint density at radius 2 is 1.36 bits per heavy atom. The number of benzene rings is 4. The van der Waals surface area contributed by atoms with Gasteiger partial charge in [0, 0.05) is 22.6 Å². The fraction of sp³-hybridized carbons (Fsp3) is 0.225. The molecule has 286 valence electrons. The Balaban J connectivity index is 1.25. The molecule has 4 amide bonds. The zero-order chi connectivity index (χ0) is 40.2. The van der Waals surface area contributed by atoms with Gasteiger partial charge in [0.1, 0.15) is 5.69 Å². The quantitative estimate of drug-likeness (QED) is 0.0420. The van der Waals surface area contributed by atoms with Gasteiger partial charge < -0.3 is 9.84 Å². The van der Waals surface area contributed by atoms with Gasteiger partial charge in [0.05, 0.1) is 24.6 Å². The molecule has 16 heteroatoms. The number of amides is 4. The number of hydrogen-bond acceptors (Lipinski definition) is 7. The van der Waals surface area contributed by atoms with E-state index in [1.54, 1.807) is 30.3 Å². The van der Waals surface area contributed by atoms with E-state index in [4.69, 9.17) is 27.9 Å². The van der Waals surface area contributed by atoms with Crippen LogP contribution in [0, 0.1) is 46.8 Å². The van der Waals surface area contributed by atoms with Crippen LogP contribution in [-0.2, 0) is 19.2 Å². The topological polar surface area (TPSA) is 121 Å². The Hall–Kier alpha value is -5.60. The predicted octanol–water partition coefficient (Wildman–Crippen LogP) is 7.10. The van der Waals surface area contributed by atoms with E-state index in [2.05, 4.69) is 0 Å². The summed E-state index contributed by atoms with van der Waals surface area (Å²) in [4.78, 5) is 65.4. The van der Waals surface area contributed by atoms with Crippen molar-refractivity contribution in [1.29, 1.82) is 0 Å². The molecule has 4 aromatic carbocycles. The molecule has 2 aliphatic heterocycles. The number of hydrogen-bond donors (Lipinski definition) is 1. The highest BCUT2D eigenvalue weighted by atomic mass is 35.5. The fourth-order valence-electron chi connectivity index (χ4n) is 8.62. The molecule has 0 bridgehead atoms. The number of aromatic hydroxyl groups is 1. The Labute approximate surface area is 323 Å². The number of phenolic OH excluding ortho intramolecular Hbond substituents is 1. The van der Waals surface area contributed by atoms with Gasteiger partial charge in [-0.25, -0.2) is 26.9 Å². The Morgan fingerprint density at radius 3 is 1.98 bits per heavy atom. The number of alkyl halides is 2. The lowest BCUT2D eigenvalue weighted by atomic mass is 9.56. The second kappa shape index (κ2) is 13.0. The third-order valence-electron chi connectivity index (χ3n) is 11.2. The van der Waals surface area contributed by atoms with Crippen LogP contribution in [0.5, 0.6) is 11.5 Å². The predicted molar refractivity (Wildman–Crippen MR) is 190 cm³/mol. The van der Waals surface area contributed by atoms with Crippen LogP contribution in [0.1, 0.15) is 40.2 Å². The number of rotatable bonds is 6. The van der Waals surface area contributed by atoms with E-state index in [-0.39, 0.29) is 45.2 Å². The van der Waals surface area contributed by atoms with Gasteiger partial charge in [0.15, 0.2) is 50.3 Å². The number of nitrogens with zero attached hydrogens (tertiary/aromatic N) is 2. The first-order valence-electron chi connectivity index (χ1n) is 17.0. The number of imide groups is 2. The molecule has 9 nitrogen and oxygen atoms in total. The van der Waals surface area contributed by atoms with Gasteiger partial charge >= 0.3 is 0 Å². The lowest BCUT2D eigenvalue weighted by molar-refractivity contribution is -0.125. The van der Waals surface area contributed by atoms with E-state index in [1.165, 1.54) is 55.7 Å². The van der Waals surface area contributed by atoms with Gasteiger partial charge in [-0.3, -0.25) is 28.9 Å². The average molecular weight is 812 g/mol. The third-order valence-corrected chi connectivity index (χ3v) is 12.6. The number of allylic oxidation sites excluding steroid dienone is 2. The van der Waals surface area contributed by atoms with Crippen molar-refractivity contribution >= 4 is 64.0 Å². The summed E-state index contributed by atoms with van der Waals surface area (Å²) in [5.41, 5.74) is -1.15. The van der Waals surface area contributed by atoms with Crippen LogP contribution in [0.15, 0.2) is 84.4 Å². The van der Waals surface area contributed by atoms with E-state index < -0.39 is 104 Å². The van der Waals surface area contributed by atoms with Crippen LogP contribution in [0.4, 0.5) is 33.3 Å². The second-order valence-electron chi connectivity index (χ2n) is 13.8. The summed E-state index contributed by atoms with van der Waals surface area (Å²) >= 11 is 14.3. The molecule has 2 aliphatic carbocycles. The van der Waals surface area contributed by atoms with Gasteiger partial charge in [0.2, 0.25) is 17.6 Å². The summed E-state index contributed by atoms with van der Waals surface area (Å²) in [7, 11) is 1.21. The minimum absolute atomic E-state index is 0.116. The van der Waals surface area contributed by atoms with Crippen molar-refractivity contribution in [1.82, 2.24) is 0 Å². The van der Waals surface area contributed by atoms with Gasteiger partial charge in [0.25, 0.3) is 11.8 Å². The monoisotopic (exact) mass is 810 g/mol. The normalized spacial score (nSPS) is 26.9. The van der Waals surface area contributed by atoms with E-state index >= 15 is 8.78 Å². The van der Waals surface area contributed by atoms with Crippen LogP contribution in [0.25, 0.3) is 0 Å². The second-order valence-corrected chi connectivity index (χ2v) is 15.1. The van der Waals surface area contributed by atoms with Crippen molar-refractivity contribution in [2.45, 2.75) is 28.5 Å². The maximum Gasteiger partial charge on any atom is 0.258 e. The molecule has 3 fully saturated rings. The van der Waals surface area contributed by atoms with Crippen LogP contribution in [-0.4, -0.2) is 51.4 Å². The molecule has 2 saturated heterocycles. The van der Waals surface area contributed by atoms with Crippen molar-refractivity contribution in [2.24, 2.45) is 17.8 Å². The Morgan fingerprint density at radius 1 is 0.750 bits per heavy atom. The number of methoxy groups -OCH3 is 1. The molecule has 0 radical (unpaired) electrons. The van der Waals surface area contributed by atoms with E-state index in [0.717, 1.165) is 4.90 Å². The number of anilines is 2. The van der Waals surface area contributed by atoms with Gasteiger partial charge in [-0.15, -0.1) is 23.2 Å². The summed E-state index contributed by atoms with van der Waals surface area (Å²) in [5, 5.41) is 11.4. The third kappa shape index (κ3) is 4.87. The highest BCUT2D eigenvalue weighted by molar-refractivity contribution is 6.58. The molecule has 56 heavy (non-hydrogen) atoms. The number of carbonyl (C=O) groups is 5. The number of phenols is 1. The molecular formula is C40H25Cl2F5N2O7. The zero-order valence-electron chi connectivity index (χ0n) is 28.7. The molecule has 4 aromatic rings. The van der Waals surface area contributed by atoms with Gasteiger partial charge in [-0.2, -0.15) is 0 Å². The maximum atomic E-state index is 15.3. The number of ether oxygens (including phenoxy) is 1. The Bertz CT molecular complexity index is 2440. The van der Waals surface area contributed by atoms with E-state index in [1.807, 2.05) is 0 Å². The standard InChI is InChI=1S/C40H25Cl2F5N2O7/c1-56-24-9-5-8-22(34(24)51)26-20-14-15-21-25(36(53)48(35(21)52)19-12-10-18(11-13-19)33(50)17-6-3-2-4-7-17)23(20)16-39(41)37(54)49(38(55)40(26,39)42)32-30(46)28(44)27(43)29(45)31(32)47/h2-14,21,23,25-26,51H,15-16H2,1H3. The molecule has 1 N–H and O–H groups in total. The number of ketones is 1. The summed E-state index contributed by atoms with van der Waals surface area (Å²) in [6.07, 6.45) is 0.667. The van der Waals surface area contributed by atoms with E-state index in [0.29, 0.717) is 5.56 Å². The molecular weight excluding hydrogens is 786 g/mol. The maximum absolute atomic E-state index is 15.3. The summed E-state index contributed by atoms with van der Waals surface area (Å²) < 4.78 is 79.0. The molecule has 4 aliphatic rings. The van der Waals surface area contributed by atoms with Crippen LogP contribution < -0.4 is 14.5 Å². The molecule has 0 aromatic heterocycles. The lowest BCUT2D eigenvalue weighted by Crippen LogP contribution is -2.60. The average Bonchev–Trinajstić information content (AvgIpc) is 3.54. The van der Waals surface area contributed by atoms with E-state index in [9.17, 15) is 42.3 Å². The number of halogens is 7.